The van der Waals surface area contributed by atoms with Gasteiger partial charge in [-0.1, -0.05) is 45.0 Å². The topological polar surface area (TPSA) is 59.0 Å². The molecule has 0 unspecified atom stereocenters. The minimum absolute atomic E-state index is 0.0198. The molecule has 0 aromatic heterocycles. The molecule has 1 aliphatic rings. The summed E-state index contributed by atoms with van der Waals surface area (Å²) >= 11 is 0. The lowest BCUT2D eigenvalue weighted by atomic mass is 9.77. The van der Waals surface area contributed by atoms with Crippen molar-refractivity contribution in [3.05, 3.63) is 47.2 Å². The van der Waals surface area contributed by atoms with Gasteiger partial charge in [0.15, 0.2) is 5.76 Å². The molecule has 0 fully saturated rings. The van der Waals surface area contributed by atoms with Gasteiger partial charge in [0.25, 0.3) is 5.91 Å². The molecule has 0 spiro atoms. The molecule has 2 rings (SSSR count). The number of carbonyl (C=O) groups is 1. The van der Waals surface area contributed by atoms with E-state index in [1.165, 1.54) is 4.90 Å². The summed E-state index contributed by atoms with van der Waals surface area (Å²) in [6, 6.07) is 7.60. The number of aliphatic hydroxyl groups excluding tert-OH is 1. The van der Waals surface area contributed by atoms with Crippen molar-refractivity contribution in [3.63, 3.8) is 0 Å². The van der Waals surface area contributed by atoms with Gasteiger partial charge in [-0.25, -0.2) is 0 Å². The second kappa shape index (κ2) is 8.02. The van der Waals surface area contributed by atoms with Gasteiger partial charge in [0.1, 0.15) is 0 Å². The van der Waals surface area contributed by atoms with Crippen molar-refractivity contribution in [3.8, 4) is 0 Å². The van der Waals surface area contributed by atoms with Crippen LogP contribution in [0.4, 0.5) is 0 Å². The van der Waals surface area contributed by atoms with E-state index in [2.05, 4.69) is 20.8 Å². The monoisotopic (exact) mass is 347 g/mol. The summed E-state index contributed by atoms with van der Waals surface area (Å²) in [5.41, 5.74) is 1.89. The smallest absolute Gasteiger partial charge is 0.288 e. The van der Waals surface area contributed by atoms with Crippen LogP contribution >= 0.6 is 0 Å². The van der Waals surface area contributed by atoms with Gasteiger partial charge in [0.2, 0.25) is 6.29 Å². The Hall–Kier alpha value is -1.85. The zero-order chi connectivity index (χ0) is 18.6. The van der Waals surface area contributed by atoms with Crippen molar-refractivity contribution in [1.29, 1.82) is 0 Å². The van der Waals surface area contributed by atoms with Crippen molar-refractivity contribution in [2.45, 2.75) is 46.7 Å². The fourth-order valence-corrected chi connectivity index (χ4v) is 2.66. The van der Waals surface area contributed by atoms with Crippen LogP contribution in [0.2, 0.25) is 0 Å². The number of hydrogen-bond donors (Lipinski definition) is 1. The maximum Gasteiger partial charge on any atom is 0.288 e. The van der Waals surface area contributed by atoms with Gasteiger partial charge in [-0.15, -0.1) is 0 Å². The molecule has 1 aromatic rings. The predicted molar refractivity (Wildman–Crippen MR) is 96.4 cm³/mol. The molecular weight excluding hydrogens is 318 g/mol. The van der Waals surface area contributed by atoms with E-state index in [0.717, 1.165) is 11.1 Å². The van der Waals surface area contributed by atoms with E-state index in [1.54, 1.807) is 14.1 Å². The van der Waals surface area contributed by atoms with E-state index < -0.39 is 6.29 Å². The molecule has 0 saturated heterocycles. The number of carbonyl (C=O) groups excluding carboxylic acids is 1. The number of hydrogen-bond acceptors (Lipinski definition) is 4. The highest BCUT2D eigenvalue weighted by molar-refractivity contribution is 5.91. The Morgan fingerprint density at radius 3 is 2.36 bits per heavy atom. The summed E-state index contributed by atoms with van der Waals surface area (Å²) in [5, 5.41) is 9.10. The molecule has 138 valence electrons. The number of nitrogens with zero attached hydrogens (tertiary/aromatic N) is 1. The summed E-state index contributed by atoms with van der Waals surface area (Å²) in [6.07, 6.45) is 2.19. The first-order valence-electron chi connectivity index (χ1n) is 8.61. The fourth-order valence-electron chi connectivity index (χ4n) is 2.66. The number of benzene rings is 1. The molecule has 5 heteroatoms. The van der Waals surface area contributed by atoms with E-state index in [9.17, 15) is 4.79 Å². The van der Waals surface area contributed by atoms with Crippen molar-refractivity contribution < 1.29 is 19.4 Å². The van der Waals surface area contributed by atoms with Gasteiger partial charge in [0, 0.05) is 20.5 Å². The molecule has 25 heavy (non-hydrogen) atoms. The summed E-state index contributed by atoms with van der Waals surface area (Å²) in [5.74, 6) is 0.411. The zero-order valence-electron chi connectivity index (χ0n) is 15.8. The van der Waals surface area contributed by atoms with Gasteiger partial charge in [-0.3, -0.25) is 4.79 Å². The van der Waals surface area contributed by atoms with E-state index in [4.69, 9.17) is 14.6 Å². The molecule has 0 bridgehead atoms. The van der Waals surface area contributed by atoms with Crippen LogP contribution in [0, 0.1) is 11.3 Å². The highest BCUT2D eigenvalue weighted by Gasteiger charge is 2.34. The van der Waals surface area contributed by atoms with Crippen molar-refractivity contribution >= 4 is 5.91 Å². The first kappa shape index (κ1) is 19.5. The predicted octanol–water partition coefficient (Wildman–Crippen LogP) is 3.08. The van der Waals surface area contributed by atoms with Gasteiger partial charge < -0.3 is 19.5 Å². The van der Waals surface area contributed by atoms with Crippen LogP contribution in [0.15, 0.2) is 36.1 Å². The van der Waals surface area contributed by atoms with Crippen LogP contribution in [0.1, 0.15) is 38.3 Å². The van der Waals surface area contributed by atoms with E-state index >= 15 is 0 Å². The second-order valence-corrected chi connectivity index (χ2v) is 7.77. The molecule has 1 heterocycles. The number of ether oxygens (including phenoxy) is 2. The summed E-state index contributed by atoms with van der Waals surface area (Å²) in [7, 11) is 3.43. The van der Waals surface area contributed by atoms with Crippen LogP contribution in [-0.2, 0) is 27.5 Å². The summed E-state index contributed by atoms with van der Waals surface area (Å²) < 4.78 is 11.7. The largest absolute Gasteiger partial charge is 0.459 e. The molecule has 1 aliphatic heterocycles. The third-order valence-electron chi connectivity index (χ3n) is 4.43. The Morgan fingerprint density at radius 2 is 1.84 bits per heavy atom. The maximum absolute atomic E-state index is 12.3. The quantitative estimate of drug-likeness (QED) is 0.889. The summed E-state index contributed by atoms with van der Waals surface area (Å²) in [6.45, 7) is 6.89. The Balaban J connectivity index is 2.07. The van der Waals surface area contributed by atoms with Crippen molar-refractivity contribution in [1.82, 2.24) is 4.90 Å². The average Bonchev–Trinajstić information content (AvgIpc) is 2.58. The lowest BCUT2D eigenvalue weighted by Gasteiger charge is -2.36. The first-order chi connectivity index (χ1) is 11.7. The standard InChI is InChI=1S/C20H29NO4/c1-20(2,3)16-10-17(19(23)21(4)5)25-18(11-16)24-13-15-8-6-14(12-22)7-9-15/h6-10,16,18,22H,11-13H2,1-5H3/t16-,18+/m1/s1. The zero-order valence-corrected chi connectivity index (χ0v) is 15.8. The van der Waals surface area contributed by atoms with Crippen LogP contribution in [0.5, 0.6) is 0 Å². The van der Waals surface area contributed by atoms with Gasteiger partial charge >= 0.3 is 0 Å². The normalized spacial score (nSPS) is 20.6. The Morgan fingerprint density at radius 1 is 1.24 bits per heavy atom. The summed E-state index contributed by atoms with van der Waals surface area (Å²) in [4.78, 5) is 13.8. The number of likely N-dealkylation sites (N-methyl/N-ethyl adjacent to an activating group) is 1. The molecule has 2 atom stereocenters. The number of amides is 1. The highest BCUT2D eigenvalue weighted by atomic mass is 16.7. The van der Waals surface area contributed by atoms with Crippen molar-refractivity contribution in [2.75, 3.05) is 14.1 Å². The molecule has 1 aromatic carbocycles. The SMILES string of the molecule is CN(C)C(=O)C1=C[C@@H](C(C)(C)C)C[C@@H](OCc2ccc(CO)cc2)O1. The molecule has 1 amide bonds. The molecular formula is C20H29NO4. The first-order valence-corrected chi connectivity index (χ1v) is 8.61. The Bertz CT molecular complexity index is 614. The number of aliphatic hydroxyl groups is 1. The fraction of sp³-hybridized carbons (Fsp3) is 0.550. The van der Waals surface area contributed by atoms with Crippen molar-refractivity contribution in [2.24, 2.45) is 11.3 Å². The third kappa shape index (κ3) is 5.31. The molecule has 5 nitrogen and oxygen atoms in total. The lowest BCUT2D eigenvalue weighted by molar-refractivity contribution is -0.160. The minimum atomic E-state index is -0.453. The van der Waals surface area contributed by atoms with Crippen LogP contribution in [0.3, 0.4) is 0 Å². The van der Waals surface area contributed by atoms with E-state index in [1.807, 2.05) is 30.3 Å². The Labute approximate surface area is 150 Å². The Kier molecular flexibility index (Phi) is 6.25. The number of rotatable bonds is 5. The average molecular weight is 347 g/mol. The third-order valence-corrected chi connectivity index (χ3v) is 4.43. The molecule has 0 aliphatic carbocycles. The van der Waals surface area contributed by atoms with E-state index in [0.29, 0.717) is 18.8 Å². The molecule has 0 saturated carbocycles. The molecule has 1 N–H and O–H groups in total. The van der Waals surface area contributed by atoms with Gasteiger partial charge in [0.05, 0.1) is 13.2 Å². The molecule has 0 radical (unpaired) electrons. The number of allylic oxidation sites excluding steroid dienone is 1. The van der Waals surface area contributed by atoms with Crippen LogP contribution in [-0.4, -0.2) is 36.3 Å². The van der Waals surface area contributed by atoms with Gasteiger partial charge in [-0.2, -0.15) is 0 Å². The minimum Gasteiger partial charge on any atom is -0.459 e. The van der Waals surface area contributed by atoms with E-state index in [-0.39, 0.29) is 23.8 Å². The lowest BCUT2D eigenvalue weighted by Crippen LogP contribution is -2.36. The van der Waals surface area contributed by atoms with Gasteiger partial charge in [-0.05, 0) is 28.5 Å². The highest BCUT2D eigenvalue weighted by Crippen LogP contribution is 2.36. The second-order valence-electron chi connectivity index (χ2n) is 7.77. The van der Waals surface area contributed by atoms with Crippen LogP contribution in [0.25, 0.3) is 0 Å². The van der Waals surface area contributed by atoms with Crippen LogP contribution < -0.4 is 0 Å². The maximum atomic E-state index is 12.3.